The average molecular weight is 303 g/mol. The van der Waals surface area contributed by atoms with Crippen LogP contribution in [0.15, 0.2) is 36.7 Å². The van der Waals surface area contributed by atoms with Crippen molar-refractivity contribution in [3.05, 3.63) is 41.7 Å². The van der Waals surface area contributed by atoms with E-state index in [1.807, 2.05) is 30.3 Å². The lowest BCUT2D eigenvalue weighted by atomic mass is 10.0. The SMILES string of the molecule is CC1CCCN(c2cc(Nc3cccc(Cl)c3)ncn2)C1. The maximum atomic E-state index is 6.00. The molecular formula is C16H19ClN4. The van der Waals surface area contributed by atoms with Gasteiger partial charge in [0.1, 0.15) is 18.0 Å². The average Bonchev–Trinajstić information content (AvgIpc) is 2.47. The molecular weight excluding hydrogens is 284 g/mol. The minimum absolute atomic E-state index is 0.708. The van der Waals surface area contributed by atoms with Crippen LogP contribution in [0.3, 0.4) is 0 Å². The van der Waals surface area contributed by atoms with Crippen molar-refractivity contribution in [1.29, 1.82) is 0 Å². The topological polar surface area (TPSA) is 41.0 Å². The van der Waals surface area contributed by atoms with Gasteiger partial charge in [-0.2, -0.15) is 0 Å². The van der Waals surface area contributed by atoms with E-state index in [-0.39, 0.29) is 0 Å². The third-order valence-electron chi connectivity index (χ3n) is 3.73. The number of halogens is 1. The molecule has 0 amide bonds. The van der Waals surface area contributed by atoms with Gasteiger partial charge in [0.05, 0.1) is 0 Å². The van der Waals surface area contributed by atoms with Crippen LogP contribution in [0.4, 0.5) is 17.3 Å². The van der Waals surface area contributed by atoms with Gasteiger partial charge < -0.3 is 10.2 Å². The van der Waals surface area contributed by atoms with Crippen LogP contribution in [-0.4, -0.2) is 23.1 Å². The fourth-order valence-electron chi connectivity index (χ4n) is 2.70. The molecule has 0 radical (unpaired) electrons. The number of aromatic nitrogens is 2. The summed E-state index contributed by atoms with van der Waals surface area (Å²) in [5, 5.41) is 3.98. The summed E-state index contributed by atoms with van der Waals surface area (Å²) < 4.78 is 0. The van der Waals surface area contributed by atoms with Crippen molar-refractivity contribution < 1.29 is 0 Å². The third kappa shape index (κ3) is 3.64. The normalized spacial score (nSPS) is 18.6. The van der Waals surface area contributed by atoms with Gasteiger partial charge in [0.25, 0.3) is 0 Å². The Hall–Kier alpha value is -1.81. The molecule has 2 aromatic rings. The Bertz CT molecular complexity index is 617. The second-order valence-electron chi connectivity index (χ2n) is 5.59. The first-order chi connectivity index (χ1) is 10.2. The molecule has 1 aromatic heterocycles. The van der Waals surface area contributed by atoms with E-state index in [0.717, 1.165) is 36.3 Å². The molecule has 0 spiro atoms. The summed E-state index contributed by atoms with van der Waals surface area (Å²) in [6.45, 7) is 4.42. The minimum Gasteiger partial charge on any atom is -0.356 e. The summed E-state index contributed by atoms with van der Waals surface area (Å²) in [4.78, 5) is 11.0. The standard InChI is InChI=1S/C16H19ClN4/c1-12-4-3-7-21(10-12)16-9-15(18-11-19-16)20-14-6-2-5-13(17)8-14/h2,5-6,8-9,11-12H,3-4,7,10H2,1H3,(H,18,19,20). The largest absolute Gasteiger partial charge is 0.356 e. The van der Waals surface area contributed by atoms with Gasteiger partial charge in [-0.1, -0.05) is 24.6 Å². The van der Waals surface area contributed by atoms with Gasteiger partial charge in [0.2, 0.25) is 0 Å². The fraction of sp³-hybridized carbons (Fsp3) is 0.375. The van der Waals surface area contributed by atoms with Crippen LogP contribution in [0.5, 0.6) is 0 Å². The summed E-state index contributed by atoms with van der Waals surface area (Å²) in [6, 6.07) is 9.62. The molecule has 5 heteroatoms. The Kier molecular flexibility index (Phi) is 4.25. The molecule has 110 valence electrons. The lowest BCUT2D eigenvalue weighted by Gasteiger charge is -2.31. The molecule has 1 aliphatic rings. The van der Waals surface area contributed by atoms with Crippen molar-refractivity contribution >= 4 is 28.9 Å². The molecule has 1 unspecified atom stereocenters. The highest BCUT2D eigenvalue weighted by Crippen LogP contribution is 2.24. The van der Waals surface area contributed by atoms with E-state index in [1.165, 1.54) is 12.8 Å². The zero-order chi connectivity index (χ0) is 14.7. The number of nitrogens with one attached hydrogen (secondary N) is 1. The van der Waals surface area contributed by atoms with E-state index < -0.39 is 0 Å². The monoisotopic (exact) mass is 302 g/mol. The number of anilines is 3. The Morgan fingerprint density at radius 2 is 2.19 bits per heavy atom. The highest BCUT2D eigenvalue weighted by molar-refractivity contribution is 6.30. The number of piperidine rings is 1. The van der Waals surface area contributed by atoms with Crippen LogP contribution in [0.1, 0.15) is 19.8 Å². The zero-order valence-corrected chi connectivity index (χ0v) is 12.8. The van der Waals surface area contributed by atoms with Crippen LogP contribution >= 0.6 is 11.6 Å². The molecule has 1 saturated heterocycles. The number of benzene rings is 1. The van der Waals surface area contributed by atoms with Crippen LogP contribution in [0, 0.1) is 5.92 Å². The quantitative estimate of drug-likeness (QED) is 0.926. The summed E-state index contributed by atoms with van der Waals surface area (Å²) in [7, 11) is 0. The van der Waals surface area contributed by atoms with Gasteiger partial charge in [-0.05, 0) is 37.0 Å². The molecule has 21 heavy (non-hydrogen) atoms. The maximum absolute atomic E-state index is 6.00. The first-order valence-electron chi connectivity index (χ1n) is 7.30. The van der Waals surface area contributed by atoms with E-state index in [1.54, 1.807) is 6.33 Å². The lowest BCUT2D eigenvalue weighted by Crippen LogP contribution is -2.34. The molecule has 1 aliphatic heterocycles. The number of hydrogen-bond donors (Lipinski definition) is 1. The van der Waals surface area contributed by atoms with E-state index in [2.05, 4.69) is 27.1 Å². The van der Waals surface area contributed by atoms with Crippen molar-refractivity contribution in [2.45, 2.75) is 19.8 Å². The highest BCUT2D eigenvalue weighted by atomic mass is 35.5. The highest BCUT2D eigenvalue weighted by Gasteiger charge is 2.17. The Morgan fingerprint density at radius 1 is 1.29 bits per heavy atom. The van der Waals surface area contributed by atoms with E-state index in [9.17, 15) is 0 Å². The maximum Gasteiger partial charge on any atom is 0.135 e. The Morgan fingerprint density at radius 3 is 3.00 bits per heavy atom. The predicted octanol–water partition coefficient (Wildman–Crippen LogP) is 4.11. The second kappa shape index (κ2) is 6.31. The molecule has 1 aromatic carbocycles. The van der Waals surface area contributed by atoms with Gasteiger partial charge in [0, 0.05) is 29.9 Å². The first-order valence-corrected chi connectivity index (χ1v) is 7.68. The summed E-state index contributed by atoms with van der Waals surface area (Å²) in [6.07, 6.45) is 4.14. The van der Waals surface area contributed by atoms with Crippen LogP contribution in [0.2, 0.25) is 5.02 Å². The second-order valence-corrected chi connectivity index (χ2v) is 6.03. The van der Waals surface area contributed by atoms with Crippen LogP contribution in [-0.2, 0) is 0 Å². The third-order valence-corrected chi connectivity index (χ3v) is 3.97. The van der Waals surface area contributed by atoms with Crippen molar-refractivity contribution in [2.24, 2.45) is 5.92 Å². The molecule has 0 aliphatic carbocycles. The van der Waals surface area contributed by atoms with Gasteiger partial charge in [-0.15, -0.1) is 0 Å². The van der Waals surface area contributed by atoms with Crippen LogP contribution < -0.4 is 10.2 Å². The fourth-order valence-corrected chi connectivity index (χ4v) is 2.89. The molecule has 0 bridgehead atoms. The zero-order valence-electron chi connectivity index (χ0n) is 12.1. The lowest BCUT2D eigenvalue weighted by molar-refractivity contribution is 0.444. The van der Waals surface area contributed by atoms with Crippen molar-refractivity contribution in [3.8, 4) is 0 Å². The van der Waals surface area contributed by atoms with E-state index in [0.29, 0.717) is 5.02 Å². The summed E-state index contributed by atoms with van der Waals surface area (Å²) in [5.74, 6) is 2.50. The van der Waals surface area contributed by atoms with Gasteiger partial charge in [-0.3, -0.25) is 0 Å². The molecule has 1 N–H and O–H groups in total. The molecule has 0 saturated carbocycles. The van der Waals surface area contributed by atoms with E-state index in [4.69, 9.17) is 11.6 Å². The van der Waals surface area contributed by atoms with Gasteiger partial charge in [0.15, 0.2) is 0 Å². The predicted molar refractivity (Wildman–Crippen MR) is 87.4 cm³/mol. The van der Waals surface area contributed by atoms with Crippen molar-refractivity contribution in [3.63, 3.8) is 0 Å². The first kappa shape index (κ1) is 14.1. The number of hydrogen-bond acceptors (Lipinski definition) is 4. The molecule has 1 atom stereocenters. The van der Waals surface area contributed by atoms with Crippen molar-refractivity contribution in [1.82, 2.24) is 9.97 Å². The molecule has 2 heterocycles. The summed E-state index contributed by atoms with van der Waals surface area (Å²) >= 11 is 6.00. The van der Waals surface area contributed by atoms with E-state index >= 15 is 0 Å². The Balaban J connectivity index is 1.76. The van der Waals surface area contributed by atoms with Gasteiger partial charge in [-0.25, -0.2) is 9.97 Å². The number of nitrogens with zero attached hydrogens (tertiary/aromatic N) is 3. The summed E-state index contributed by atoms with van der Waals surface area (Å²) in [5.41, 5.74) is 0.930. The van der Waals surface area contributed by atoms with Gasteiger partial charge >= 0.3 is 0 Å². The molecule has 4 nitrogen and oxygen atoms in total. The number of rotatable bonds is 3. The van der Waals surface area contributed by atoms with Crippen molar-refractivity contribution in [2.75, 3.05) is 23.3 Å². The minimum atomic E-state index is 0.708. The molecule has 3 rings (SSSR count). The van der Waals surface area contributed by atoms with Crippen LogP contribution in [0.25, 0.3) is 0 Å². The smallest absolute Gasteiger partial charge is 0.135 e. The molecule has 1 fully saturated rings. The Labute approximate surface area is 130 Å².